The van der Waals surface area contributed by atoms with Gasteiger partial charge in [-0.25, -0.2) is 0 Å². The van der Waals surface area contributed by atoms with E-state index < -0.39 is 0 Å². The van der Waals surface area contributed by atoms with E-state index in [9.17, 15) is 14.4 Å². The maximum absolute atomic E-state index is 11.5. The van der Waals surface area contributed by atoms with Crippen molar-refractivity contribution in [2.75, 3.05) is 99.1 Å². The number of hydrogen-bond acceptors (Lipinski definition) is 11. The number of rotatable bonds is 9. The van der Waals surface area contributed by atoms with Gasteiger partial charge in [0.05, 0.1) is 18.0 Å². The first-order valence-corrected chi connectivity index (χ1v) is 14.8. The molecule has 0 radical (unpaired) electrons. The molecule has 0 aromatic rings. The Kier molecular flexibility index (Phi) is 26.6. The van der Waals surface area contributed by atoms with Gasteiger partial charge in [-0.3, -0.25) is 19.3 Å². The summed E-state index contributed by atoms with van der Waals surface area (Å²) < 4.78 is 9.83. The molecule has 0 amide bonds. The maximum Gasteiger partial charge on any atom is 0.324 e. The van der Waals surface area contributed by atoms with Gasteiger partial charge in [0.2, 0.25) is 0 Å². The number of Topliss-reactive ketones (excluding diaryl/α,β-unsaturated/α-hetero) is 1. The molecule has 0 aliphatic carbocycles. The topological polar surface area (TPSA) is 124 Å². The third-order valence-corrected chi connectivity index (χ3v) is 7.71. The number of halogens is 2. The van der Waals surface area contributed by atoms with Gasteiger partial charge in [0.25, 0.3) is 0 Å². The van der Waals surface area contributed by atoms with Gasteiger partial charge >= 0.3 is 11.9 Å². The maximum atomic E-state index is 11.5. The molecule has 4 N–H and O–H groups in total. The summed E-state index contributed by atoms with van der Waals surface area (Å²) >= 11 is 6.29. The summed E-state index contributed by atoms with van der Waals surface area (Å²) in [5.41, 5.74) is 0. The van der Waals surface area contributed by atoms with Crippen LogP contribution >= 0.6 is 31.9 Å². The molecule has 2 aliphatic rings. The molecule has 2 rings (SSSR count). The molecule has 11 nitrogen and oxygen atoms in total. The van der Waals surface area contributed by atoms with E-state index >= 15 is 0 Å². The number of alkyl halides is 2. The summed E-state index contributed by atoms with van der Waals surface area (Å²) in [5, 5.41) is 12.9. The highest BCUT2D eigenvalue weighted by Gasteiger charge is 2.29. The number of hydrogen-bond donors (Lipinski definition) is 4. The number of likely N-dealkylation sites (N-methyl/N-ethyl adjacent to an activating group) is 4. The molecule has 37 heavy (non-hydrogen) atoms. The van der Waals surface area contributed by atoms with Crippen LogP contribution in [0.3, 0.4) is 0 Å². The van der Waals surface area contributed by atoms with Crippen molar-refractivity contribution < 1.29 is 23.9 Å². The van der Waals surface area contributed by atoms with Crippen molar-refractivity contribution in [1.29, 1.82) is 0 Å². The Morgan fingerprint density at radius 1 is 1.00 bits per heavy atom. The molecule has 2 aliphatic heterocycles. The summed E-state index contributed by atoms with van der Waals surface area (Å²) in [6.45, 7) is 13.4. The Balaban J connectivity index is 0. The molecule has 0 aromatic carbocycles. The highest BCUT2D eigenvalue weighted by molar-refractivity contribution is 9.12. The molecule has 2 fully saturated rings. The van der Waals surface area contributed by atoms with Gasteiger partial charge in [-0.1, -0.05) is 31.9 Å². The number of nitrogens with one attached hydrogen (secondary N) is 4. The second-order valence-corrected chi connectivity index (χ2v) is 10.2. The normalized spacial score (nSPS) is 20.5. The van der Waals surface area contributed by atoms with Crippen LogP contribution in [0.4, 0.5) is 0 Å². The molecule has 220 valence electrons. The molecule has 3 unspecified atom stereocenters. The summed E-state index contributed by atoms with van der Waals surface area (Å²) in [5.74, 6) is -0.0897. The van der Waals surface area contributed by atoms with Gasteiger partial charge in [0.1, 0.15) is 17.9 Å². The van der Waals surface area contributed by atoms with Crippen molar-refractivity contribution in [3.63, 3.8) is 0 Å². The standard InChI is InChI=1S/C9H18N2O2.C7H14N2O2.C4H6Br2O.C4H12N2/c1-4-13-9(12)8-7-10(2)5-6-11(8)3;1-2-11-7(10)6-5-8-3-4-9-6;1-3(7)4(6)2-5;1-5-3-4-6-2/h8H,4-7H2,1-3H3;6,8-9H,2-5H2,1H3;4H,2H2,1H3;5-6H,3-4H2,1-2H3. The first kappa shape index (κ1) is 38.5. The molecule has 2 heterocycles. The summed E-state index contributed by atoms with van der Waals surface area (Å²) in [6.07, 6.45) is 0. The fourth-order valence-electron chi connectivity index (χ4n) is 2.92. The Morgan fingerprint density at radius 3 is 1.97 bits per heavy atom. The second kappa shape index (κ2) is 25.6. The van der Waals surface area contributed by atoms with E-state index in [1.165, 1.54) is 0 Å². The average molecular weight is 663 g/mol. The number of carbonyl (C=O) groups excluding carboxylic acids is 3. The van der Waals surface area contributed by atoms with E-state index in [0.29, 0.717) is 25.1 Å². The highest BCUT2D eigenvalue weighted by Crippen LogP contribution is 2.07. The van der Waals surface area contributed by atoms with Crippen molar-refractivity contribution >= 4 is 49.6 Å². The number of nitrogens with zero attached hydrogens (tertiary/aromatic N) is 2. The van der Waals surface area contributed by atoms with Crippen LogP contribution in [0.2, 0.25) is 0 Å². The Bertz CT molecular complexity index is 596. The van der Waals surface area contributed by atoms with Gasteiger partial charge in [0.15, 0.2) is 0 Å². The minimum Gasteiger partial charge on any atom is -0.465 e. The monoisotopic (exact) mass is 660 g/mol. The summed E-state index contributed by atoms with van der Waals surface area (Å²) in [6, 6.07) is -0.234. The lowest BCUT2D eigenvalue weighted by atomic mass is 10.2. The van der Waals surface area contributed by atoms with E-state index in [-0.39, 0.29) is 34.6 Å². The molecular formula is C24H50Br2N6O5. The first-order chi connectivity index (χ1) is 17.6. The van der Waals surface area contributed by atoms with E-state index in [4.69, 9.17) is 9.47 Å². The van der Waals surface area contributed by atoms with Crippen LogP contribution in [0.1, 0.15) is 20.8 Å². The fourth-order valence-corrected chi connectivity index (χ4v) is 3.38. The SMILES string of the molecule is CC(=O)C(Br)CBr.CCOC(=O)C1CN(C)CCN1C.CCOC(=O)C1CNCCN1.CNCCNC. The lowest BCUT2D eigenvalue weighted by Gasteiger charge is -2.35. The Morgan fingerprint density at radius 2 is 1.57 bits per heavy atom. The third kappa shape index (κ3) is 20.9. The number of ketones is 1. The van der Waals surface area contributed by atoms with Crippen molar-refractivity contribution in [3.05, 3.63) is 0 Å². The van der Waals surface area contributed by atoms with Crippen LogP contribution in [0.5, 0.6) is 0 Å². The van der Waals surface area contributed by atoms with E-state index in [0.717, 1.165) is 45.8 Å². The third-order valence-electron chi connectivity index (χ3n) is 5.22. The Labute approximate surface area is 240 Å². The zero-order chi connectivity index (χ0) is 28.6. The van der Waals surface area contributed by atoms with Crippen LogP contribution in [0, 0.1) is 0 Å². The van der Waals surface area contributed by atoms with Crippen LogP contribution in [-0.4, -0.2) is 144 Å². The van der Waals surface area contributed by atoms with E-state index in [1.54, 1.807) is 6.92 Å². The summed E-state index contributed by atoms with van der Waals surface area (Å²) in [4.78, 5) is 37.0. The minimum atomic E-state index is -0.153. The van der Waals surface area contributed by atoms with Gasteiger partial charge in [0, 0.05) is 57.7 Å². The molecule has 3 atom stereocenters. The predicted octanol–water partition coefficient (Wildman–Crippen LogP) is 0.0652. The predicted molar refractivity (Wildman–Crippen MR) is 157 cm³/mol. The van der Waals surface area contributed by atoms with Crippen molar-refractivity contribution in [1.82, 2.24) is 31.1 Å². The molecule has 0 spiro atoms. The zero-order valence-electron chi connectivity index (χ0n) is 23.7. The van der Waals surface area contributed by atoms with Crippen LogP contribution < -0.4 is 21.3 Å². The number of carbonyl (C=O) groups is 3. The lowest BCUT2D eigenvalue weighted by Crippen LogP contribution is -2.54. The second-order valence-electron chi connectivity index (χ2n) is 8.41. The van der Waals surface area contributed by atoms with E-state index in [1.807, 2.05) is 42.0 Å². The molecule has 0 aromatic heterocycles. The Hall–Kier alpha value is -0.670. The van der Waals surface area contributed by atoms with Crippen LogP contribution in [0.15, 0.2) is 0 Å². The number of ether oxygens (including phenoxy) is 2. The summed E-state index contributed by atoms with van der Waals surface area (Å²) in [7, 11) is 7.88. The molecule has 0 bridgehead atoms. The van der Waals surface area contributed by atoms with Crippen LogP contribution in [-0.2, 0) is 23.9 Å². The fraction of sp³-hybridized carbons (Fsp3) is 0.875. The first-order valence-electron chi connectivity index (χ1n) is 12.7. The molecule has 2 saturated heterocycles. The molecule has 0 saturated carbocycles. The van der Waals surface area contributed by atoms with E-state index in [2.05, 4.69) is 62.9 Å². The zero-order valence-corrected chi connectivity index (χ0v) is 26.9. The number of esters is 2. The largest absolute Gasteiger partial charge is 0.465 e. The smallest absolute Gasteiger partial charge is 0.324 e. The van der Waals surface area contributed by atoms with Gasteiger partial charge in [-0.05, 0) is 49.0 Å². The van der Waals surface area contributed by atoms with Gasteiger partial charge < -0.3 is 35.6 Å². The van der Waals surface area contributed by atoms with Crippen molar-refractivity contribution in [2.45, 2.75) is 37.7 Å². The number of piperazine rings is 2. The van der Waals surface area contributed by atoms with Crippen molar-refractivity contribution in [2.24, 2.45) is 0 Å². The van der Waals surface area contributed by atoms with Gasteiger partial charge in [-0.15, -0.1) is 0 Å². The van der Waals surface area contributed by atoms with Crippen LogP contribution in [0.25, 0.3) is 0 Å². The average Bonchev–Trinajstić information content (AvgIpc) is 2.90. The minimum absolute atomic E-state index is 0.00694. The van der Waals surface area contributed by atoms with Gasteiger partial charge in [-0.2, -0.15) is 0 Å². The molecule has 13 heteroatoms. The van der Waals surface area contributed by atoms with Crippen molar-refractivity contribution in [3.8, 4) is 0 Å². The lowest BCUT2D eigenvalue weighted by molar-refractivity contribution is -0.151. The quantitative estimate of drug-likeness (QED) is 0.152. The molecular weight excluding hydrogens is 612 g/mol. The highest BCUT2D eigenvalue weighted by atomic mass is 79.9.